The van der Waals surface area contributed by atoms with Crippen LogP contribution in [0.3, 0.4) is 0 Å². The number of amides is 2. The van der Waals surface area contributed by atoms with Crippen LogP contribution in [0.4, 0.5) is 0 Å². The fraction of sp³-hybridized carbons (Fsp3) is 0.474. The summed E-state index contributed by atoms with van der Waals surface area (Å²) in [6, 6.07) is 5.28. The van der Waals surface area contributed by atoms with E-state index in [0.29, 0.717) is 11.5 Å². The monoisotopic (exact) mass is 348 g/mol. The van der Waals surface area contributed by atoms with Crippen LogP contribution < -0.4 is 15.2 Å². The molecular weight excluding hydrogens is 320 g/mol. The molecule has 138 valence electrons. The third-order valence-electron chi connectivity index (χ3n) is 4.16. The molecule has 0 aliphatic heterocycles. The number of nitrogens with zero attached hydrogens (tertiary/aromatic N) is 1. The van der Waals surface area contributed by atoms with Crippen LogP contribution in [0.1, 0.15) is 33.3 Å². The molecule has 0 fully saturated rings. The second kappa shape index (κ2) is 8.55. The predicted molar refractivity (Wildman–Crippen MR) is 98.4 cm³/mol. The Kier molecular flexibility index (Phi) is 7.03. The number of ether oxygens (including phenoxy) is 2. The number of primary amides is 1. The molecule has 0 aliphatic carbocycles. The second-order valence-electron chi connectivity index (χ2n) is 6.99. The van der Waals surface area contributed by atoms with Gasteiger partial charge in [-0.15, -0.1) is 0 Å². The molecule has 0 saturated heterocycles. The highest BCUT2D eigenvalue weighted by molar-refractivity contribution is 5.92. The Balaban J connectivity index is 2.86. The van der Waals surface area contributed by atoms with Crippen LogP contribution >= 0.6 is 0 Å². The smallest absolute Gasteiger partial charge is 0.255 e. The van der Waals surface area contributed by atoms with Crippen LogP contribution in [-0.2, 0) is 9.59 Å². The molecule has 0 saturated carbocycles. The predicted octanol–water partition coefficient (Wildman–Crippen LogP) is 2.47. The minimum atomic E-state index is -0.562. The number of hydrogen-bond acceptors (Lipinski definition) is 4. The number of carbonyl (C=O) groups excluding carboxylic acids is 2. The molecule has 1 aromatic rings. The number of rotatable bonds is 7. The zero-order valence-electron chi connectivity index (χ0n) is 15.8. The van der Waals surface area contributed by atoms with Crippen molar-refractivity contribution in [2.24, 2.45) is 11.1 Å². The maximum atomic E-state index is 12.3. The van der Waals surface area contributed by atoms with Crippen molar-refractivity contribution in [3.05, 3.63) is 29.8 Å². The Hall–Kier alpha value is -2.50. The largest absolute Gasteiger partial charge is 0.493 e. The van der Waals surface area contributed by atoms with Crippen LogP contribution in [0.15, 0.2) is 24.3 Å². The van der Waals surface area contributed by atoms with Gasteiger partial charge in [0.1, 0.15) is 0 Å². The zero-order valence-corrected chi connectivity index (χ0v) is 15.8. The van der Waals surface area contributed by atoms with Gasteiger partial charge in [0.05, 0.1) is 7.11 Å². The van der Waals surface area contributed by atoms with Gasteiger partial charge in [-0.25, -0.2) is 0 Å². The van der Waals surface area contributed by atoms with E-state index in [4.69, 9.17) is 15.2 Å². The minimum Gasteiger partial charge on any atom is -0.493 e. The highest BCUT2D eigenvalue weighted by Crippen LogP contribution is 2.28. The molecule has 2 amide bonds. The van der Waals surface area contributed by atoms with Gasteiger partial charge < -0.3 is 20.1 Å². The normalized spacial score (nSPS) is 12.7. The maximum Gasteiger partial charge on any atom is 0.255 e. The molecule has 0 aromatic heterocycles. The molecule has 1 rings (SSSR count). The second-order valence-corrected chi connectivity index (χ2v) is 6.99. The van der Waals surface area contributed by atoms with Gasteiger partial charge in [-0.2, -0.15) is 0 Å². The van der Waals surface area contributed by atoms with Gasteiger partial charge in [0.15, 0.2) is 18.1 Å². The third-order valence-corrected chi connectivity index (χ3v) is 4.16. The molecule has 25 heavy (non-hydrogen) atoms. The Morgan fingerprint density at radius 2 is 1.92 bits per heavy atom. The first-order chi connectivity index (χ1) is 11.6. The van der Waals surface area contributed by atoms with Gasteiger partial charge in [-0.05, 0) is 36.1 Å². The fourth-order valence-corrected chi connectivity index (χ4v) is 2.11. The molecule has 0 radical (unpaired) electrons. The van der Waals surface area contributed by atoms with Crippen molar-refractivity contribution in [1.82, 2.24) is 4.90 Å². The van der Waals surface area contributed by atoms with Crippen molar-refractivity contribution in [2.75, 3.05) is 20.8 Å². The van der Waals surface area contributed by atoms with E-state index in [0.717, 1.165) is 5.56 Å². The van der Waals surface area contributed by atoms with E-state index in [1.165, 1.54) is 13.2 Å². The molecule has 1 aromatic carbocycles. The van der Waals surface area contributed by atoms with E-state index in [2.05, 4.69) is 20.8 Å². The van der Waals surface area contributed by atoms with Crippen LogP contribution in [-0.4, -0.2) is 43.5 Å². The van der Waals surface area contributed by atoms with Gasteiger partial charge in [0, 0.05) is 19.2 Å². The van der Waals surface area contributed by atoms with E-state index in [1.54, 1.807) is 36.2 Å². The van der Waals surface area contributed by atoms with E-state index in [-0.39, 0.29) is 24.0 Å². The summed E-state index contributed by atoms with van der Waals surface area (Å²) in [6.45, 7) is 8.10. The molecule has 0 heterocycles. The van der Waals surface area contributed by atoms with Crippen molar-refractivity contribution in [2.45, 2.75) is 33.7 Å². The van der Waals surface area contributed by atoms with Crippen molar-refractivity contribution in [1.29, 1.82) is 0 Å². The fourth-order valence-electron chi connectivity index (χ4n) is 2.11. The first-order valence-corrected chi connectivity index (χ1v) is 8.10. The highest BCUT2D eigenvalue weighted by Gasteiger charge is 2.25. The lowest BCUT2D eigenvalue weighted by atomic mass is 9.87. The maximum absolute atomic E-state index is 12.3. The van der Waals surface area contributed by atoms with Crippen LogP contribution in [0.2, 0.25) is 0 Å². The summed E-state index contributed by atoms with van der Waals surface area (Å²) in [6.07, 6.45) is 3.25. The molecule has 6 nitrogen and oxygen atoms in total. The molecule has 1 atom stereocenters. The van der Waals surface area contributed by atoms with E-state index >= 15 is 0 Å². The molecule has 0 aliphatic rings. The summed E-state index contributed by atoms with van der Waals surface area (Å²) in [5.74, 6) is 0.249. The number of methoxy groups -OCH3 is 1. The summed E-state index contributed by atoms with van der Waals surface area (Å²) < 4.78 is 10.5. The highest BCUT2D eigenvalue weighted by atomic mass is 16.5. The average Bonchev–Trinajstić information content (AvgIpc) is 2.55. The minimum absolute atomic E-state index is 0.000877. The van der Waals surface area contributed by atoms with Gasteiger partial charge in [-0.1, -0.05) is 26.8 Å². The van der Waals surface area contributed by atoms with Crippen molar-refractivity contribution >= 4 is 17.9 Å². The standard InChI is InChI=1S/C19H28N2O4/c1-13(19(2,3)4)21(5)18(23)10-8-14-7-9-15(16(11-14)24-6)25-12-17(20)22/h7-11,13H,12H2,1-6H3,(H2,20,22)/b10-8-/t13-/m0/s1. The first kappa shape index (κ1) is 20.5. The average molecular weight is 348 g/mol. The van der Waals surface area contributed by atoms with Gasteiger partial charge >= 0.3 is 0 Å². The SMILES string of the molecule is COc1cc(/C=C\C(=O)N(C)[C@@H](C)C(C)(C)C)ccc1OCC(N)=O. The quantitative estimate of drug-likeness (QED) is 0.768. The molecule has 6 heteroatoms. The number of carbonyl (C=O) groups is 2. The Morgan fingerprint density at radius 3 is 2.44 bits per heavy atom. The molecule has 0 bridgehead atoms. The Labute approximate surface area is 149 Å². The van der Waals surface area contributed by atoms with Gasteiger partial charge in [-0.3, -0.25) is 9.59 Å². The van der Waals surface area contributed by atoms with Crippen LogP contribution in [0, 0.1) is 5.41 Å². The lowest BCUT2D eigenvalue weighted by Crippen LogP contribution is -2.42. The van der Waals surface area contributed by atoms with Crippen molar-refractivity contribution in [3.63, 3.8) is 0 Å². The van der Waals surface area contributed by atoms with Crippen molar-refractivity contribution in [3.8, 4) is 11.5 Å². The Bertz CT molecular complexity index is 647. The lowest BCUT2D eigenvalue weighted by molar-refractivity contribution is -0.128. The number of hydrogen-bond donors (Lipinski definition) is 1. The summed E-state index contributed by atoms with van der Waals surface area (Å²) in [5.41, 5.74) is 5.85. The summed E-state index contributed by atoms with van der Waals surface area (Å²) >= 11 is 0. The van der Waals surface area contributed by atoms with E-state index in [9.17, 15) is 9.59 Å². The zero-order chi connectivity index (χ0) is 19.2. The molecule has 0 unspecified atom stereocenters. The summed E-state index contributed by atoms with van der Waals surface area (Å²) in [7, 11) is 3.30. The lowest BCUT2D eigenvalue weighted by Gasteiger charge is -2.34. The number of benzene rings is 1. The van der Waals surface area contributed by atoms with Crippen LogP contribution in [0.5, 0.6) is 11.5 Å². The van der Waals surface area contributed by atoms with E-state index < -0.39 is 5.91 Å². The molecule has 0 spiro atoms. The summed E-state index contributed by atoms with van der Waals surface area (Å²) in [5, 5.41) is 0. The van der Waals surface area contributed by atoms with Gasteiger partial charge in [0.2, 0.25) is 5.91 Å². The first-order valence-electron chi connectivity index (χ1n) is 8.10. The molecular formula is C19H28N2O4. The summed E-state index contributed by atoms with van der Waals surface area (Å²) in [4.78, 5) is 24.9. The van der Waals surface area contributed by atoms with Crippen molar-refractivity contribution < 1.29 is 19.1 Å². The number of nitrogens with two attached hydrogens (primary N) is 1. The third kappa shape index (κ3) is 6.14. The molecule has 2 N–H and O–H groups in total. The van der Waals surface area contributed by atoms with Crippen LogP contribution in [0.25, 0.3) is 6.08 Å². The van der Waals surface area contributed by atoms with E-state index in [1.807, 2.05) is 6.92 Å². The topological polar surface area (TPSA) is 81.9 Å². The van der Waals surface area contributed by atoms with Gasteiger partial charge in [0.25, 0.3) is 5.91 Å². The Morgan fingerprint density at radius 1 is 1.28 bits per heavy atom. The number of likely N-dealkylation sites (N-methyl/N-ethyl adjacent to an activating group) is 1.